The lowest BCUT2D eigenvalue weighted by Crippen LogP contribution is -2.42. The summed E-state index contributed by atoms with van der Waals surface area (Å²) >= 11 is 0. The van der Waals surface area contributed by atoms with Crippen LogP contribution in [0.15, 0.2) is 48.0 Å². The average molecular weight is 402 g/mol. The Morgan fingerprint density at radius 2 is 1.87 bits per heavy atom. The normalized spacial score (nSPS) is 15.0. The molecule has 0 aliphatic carbocycles. The Balaban J connectivity index is 2.01. The number of carbonyl (C=O) groups is 1. The largest absolute Gasteiger partial charge is 0.496 e. The maximum absolute atomic E-state index is 12.7. The number of hydrogen-bond acceptors (Lipinski definition) is 4. The molecule has 0 saturated carbocycles. The third-order valence-corrected chi connectivity index (χ3v) is 5.54. The molecule has 0 aromatic heterocycles. The number of nitrogens with zero attached hydrogens (tertiary/aromatic N) is 2. The minimum atomic E-state index is -0.452. The van der Waals surface area contributed by atoms with Gasteiger partial charge in [0.05, 0.1) is 12.6 Å². The van der Waals surface area contributed by atoms with E-state index in [-0.39, 0.29) is 11.1 Å². The Bertz CT molecular complexity index is 1090. The summed E-state index contributed by atoms with van der Waals surface area (Å²) in [5, 5.41) is 12.4. The van der Waals surface area contributed by atoms with Crippen molar-refractivity contribution >= 4 is 28.9 Å². The molecular weight excluding hydrogens is 374 g/mol. The molecule has 1 N–H and O–H groups in total. The van der Waals surface area contributed by atoms with Crippen LogP contribution < -0.4 is 15.0 Å². The Morgan fingerprint density at radius 3 is 2.47 bits per heavy atom. The second-order valence-electron chi connectivity index (χ2n) is 8.14. The van der Waals surface area contributed by atoms with Crippen LogP contribution in [0.2, 0.25) is 0 Å². The van der Waals surface area contributed by atoms with E-state index in [2.05, 4.69) is 37.1 Å². The molecule has 0 saturated heterocycles. The number of amides is 1. The first-order chi connectivity index (χ1) is 14.2. The number of methoxy groups -OCH3 is 1. The lowest BCUT2D eigenvalue weighted by molar-refractivity contribution is -0.112. The topological polar surface area (TPSA) is 65.4 Å². The van der Waals surface area contributed by atoms with Gasteiger partial charge in [-0.2, -0.15) is 5.26 Å². The van der Waals surface area contributed by atoms with Gasteiger partial charge in [0.25, 0.3) is 5.91 Å². The van der Waals surface area contributed by atoms with Gasteiger partial charge in [-0.05, 0) is 57.5 Å². The molecule has 154 valence electrons. The highest BCUT2D eigenvalue weighted by atomic mass is 16.5. The summed E-state index contributed by atoms with van der Waals surface area (Å²) in [6.45, 7) is 8.36. The molecule has 0 bridgehead atoms. The van der Waals surface area contributed by atoms with Gasteiger partial charge in [0.1, 0.15) is 17.4 Å². The van der Waals surface area contributed by atoms with Gasteiger partial charge in [-0.25, -0.2) is 0 Å². The highest BCUT2D eigenvalue weighted by Gasteiger charge is 2.29. The third-order valence-electron chi connectivity index (χ3n) is 5.54. The molecule has 5 heteroatoms. The lowest BCUT2D eigenvalue weighted by atomic mass is 9.88. The number of nitrogens with one attached hydrogen (secondary N) is 1. The van der Waals surface area contributed by atoms with Crippen molar-refractivity contribution in [3.8, 4) is 11.8 Å². The SMILES string of the molecule is COc1cc2c(cc1/C=C(\C#N)C(=O)Nc1ccc(C)cc1)C(C)=CC(C)(C)N2C. The van der Waals surface area contributed by atoms with Crippen molar-refractivity contribution in [3.63, 3.8) is 0 Å². The summed E-state index contributed by atoms with van der Waals surface area (Å²) in [6.07, 6.45) is 3.79. The molecule has 0 radical (unpaired) electrons. The Kier molecular flexibility index (Phi) is 5.71. The summed E-state index contributed by atoms with van der Waals surface area (Å²) < 4.78 is 5.59. The molecule has 0 atom stereocenters. The molecule has 30 heavy (non-hydrogen) atoms. The summed E-state index contributed by atoms with van der Waals surface area (Å²) in [6, 6.07) is 13.4. The number of carbonyl (C=O) groups excluding carboxylic acids is 1. The molecule has 1 heterocycles. The molecule has 1 amide bonds. The van der Waals surface area contributed by atoms with E-state index >= 15 is 0 Å². The van der Waals surface area contributed by atoms with Crippen LogP contribution in [-0.4, -0.2) is 25.6 Å². The van der Waals surface area contributed by atoms with Crippen LogP contribution in [0.4, 0.5) is 11.4 Å². The molecule has 2 aromatic rings. The van der Waals surface area contributed by atoms with Crippen LogP contribution in [0.25, 0.3) is 11.6 Å². The zero-order valence-corrected chi connectivity index (χ0v) is 18.3. The predicted octanol–water partition coefficient (Wildman–Crippen LogP) is 5.18. The van der Waals surface area contributed by atoms with Gasteiger partial charge in [0, 0.05) is 35.6 Å². The molecule has 0 spiro atoms. The summed E-state index contributed by atoms with van der Waals surface area (Å²) in [4.78, 5) is 14.9. The van der Waals surface area contributed by atoms with E-state index in [0.717, 1.165) is 22.4 Å². The fourth-order valence-corrected chi connectivity index (χ4v) is 3.62. The summed E-state index contributed by atoms with van der Waals surface area (Å²) in [7, 11) is 3.64. The zero-order chi connectivity index (χ0) is 22.1. The van der Waals surface area contributed by atoms with Crippen LogP contribution in [0, 0.1) is 18.3 Å². The number of rotatable bonds is 4. The summed E-state index contributed by atoms with van der Waals surface area (Å²) in [5.41, 5.74) is 5.58. The Morgan fingerprint density at radius 1 is 1.20 bits per heavy atom. The molecule has 3 rings (SSSR count). The summed E-state index contributed by atoms with van der Waals surface area (Å²) in [5.74, 6) is 0.161. The van der Waals surface area contributed by atoms with Crippen molar-refractivity contribution in [3.05, 3.63) is 64.7 Å². The van der Waals surface area contributed by atoms with Gasteiger partial charge in [0.2, 0.25) is 0 Å². The number of likely N-dealkylation sites (N-methyl/N-ethyl adjacent to an activating group) is 1. The number of ether oxygens (including phenoxy) is 1. The maximum atomic E-state index is 12.7. The highest BCUT2D eigenvalue weighted by Crippen LogP contribution is 2.41. The average Bonchev–Trinajstić information content (AvgIpc) is 2.71. The molecule has 0 fully saturated rings. The molecule has 5 nitrogen and oxygen atoms in total. The first-order valence-corrected chi connectivity index (χ1v) is 9.82. The molecule has 1 aliphatic rings. The van der Waals surface area contributed by atoms with E-state index in [1.54, 1.807) is 13.2 Å². The number of benzene rings is 2. The van der Waals surface area contributed by atoms with Gasteiger partial charge in [-0.1, -0.05) is 23.8 Å². The van der Waals surface area contributed by atoms with E-state index in [1.165, 1.54) is 0 Å². The first-order valence-electron chi connectivity index (χ1n) is 9.82. The van der Waals surface area contributed by atoms with Crippen molar-refractivity contribution < 1.29 is 9.53 Å². The second kappa shape index (κ2) is 8.08. The van der Waals surface area contributed by atoms with Crippen LogP contribution >= 0.6 is 0 Å². The number of hydrogen-bond donors (Lipinski definition) is 1. The maximum Gasteiger partial charge on any atom is 0.266 e. The smallest absolute Gasteiger partial charge is 0.266 e. The molecule has 1 aliphatic heterocycles. The Labute approximate surface area is 178 Å². The van der Waals surface area contributed by atoms with Crippen molar-refractivity contribution in [2.24, 2.45) is 0 Å². The van der Waals surface area contributed by atoms with Crippen LogP contribution in [-0.2, 0) is 4.79 Å². The van der Waals surface area contributed by atoms with Gasteiger partial charge in [0.15, 0.2) is 0 Å². The monoisotopic (exact) mass is 401 g/mol. The fraction of sp³-hybridized carbons (Fsp3) is 0.280. The van der Waals surface area contributed by atoms with Gasteiger partial charge >= 0.3 is 0 Å². The van der Waals surface area contributed by atoms with Crippen molar-refractivity contribution in [2.45, 2.75) is 33.2 Å². The second-order valence-corrected chi connectivity index (χ2v) is 8.14. The van der Waals surface area contributed by atoms with E-state index < -0.39 is 5.91 Å². The van der Waals surface area contributed by atoms with Crippen molar-refractivity contribution in [1.82, 2.24) is 0 Å². The van der Waals surface area contributed by atoms with Crippen LogP contribution in [0.1, 0.15) is 37.5 Å². The van der Waals surface area contributed by atoms with E-state index in [0.29, 0.717) is 17.0 Å². The fourth-order valence-electron chi connectivity index (χ4n) is 3.62. The molecule has 2 aromatic carbocycles. The van der Waals surface area contributed by atoms with Crippen molar-refractivity contribution in [2.75, 3.05) is 24.4 Å². The quantitative estimate of drug-likeness (QED) is 0.566. The van der Waals surface area contributed by atoms with E-state index in [1.807, 2.05) is 56.4 Å². The van der Waals surface area contributed by atoms with Gasteiger partial charge in [-0.15, -0.1) is 0 Å². The molecule has 0 unspecified atom stereocenters. The van der Waals surface area contributed by atoms with E-state index in [9.17, 15) is 10.1 Å². The highest BCUT2D eigenvalue weighted by molar-refractivity contribution is 6.10. The van der Waals surface area contributed by atoms with Crippen LogP contribution in [0.5, 0.6) is 5.75 Å². The number of nitriles is 1. The number of anilines is 2. The first kappa shape index (κ1) is 21.2. The van der Waals surface area contributed by atoms with Gasteiger partial charge < -0.3 is 15.0 Å². The zero-order valence-electron chi connectivity index (χ0n) is 18.3. The van der Waals surface area contributed by atoms with E-state index in [4.69, 9.17) is 4.74 Å². The minimum Gasteiger partial charge on any atom is -0.496 e. The number of aryl methyl sites for hydroxylation is 1. The third kappa shape index (κ3) is 4.08. The molecular formula is C25H27N3O2. The minimum absolute atomic E-state index is 0.0138. The van der Waals surface area contributed by atoms with Crippen molar-refractivity contribution in [1.29, 1.82) is 5.26 Å². The lowest BCUT2D eigenvalue weighted by Gasteiger charge is -2.41. The number of allylic oxidation sites excluding steroid dienone is 1. The van der Waals surface area contributed by atoms with Crippen LogP contribution in [0.3, 0.4) is 0 Å². The van der Waals surface area contributed by atoms with Gasteiger partial charge in [-0.3, -0.25) is 4.79 Å². The predicted molar refractivity (Wildman–Crippen MR) is 123 cm³/mol. The standard InChI is InChI=1S/C25H27N3O2/c1-16-7-9-20(10-8-16)27-24(29)19(15-26)11-18-12-21-17(2)14-25(3,4)28(5)22(21)13-23(18)30-6/h7-14H,1-6H3,(H,27,29)/b19-11+. The Hall–Kier alpha value is -3.52. The number of fused-ring (bicyclic) bond motifs is 1.